The lowest BCUT2D eigenvalue weighted by molar-refractivity contribution is 0.396. The maximum Gasteiger partial charge on any atom is 0.0738 e. The SMILES string of the molecule is CN1CCC(CN(C)c2ccncc2N)C1. The van der Waals surface area contributed by atoms with Crippen molar-refractivity contribution in [2.45, 2.75) is 6.42 Å². The fourth-order valence-electron chi connectivity index (χ4n) is 2.41. The molecule has 1 aromatic rings. The molecule has 88 valence electrons. The Morgan fingerprint density at radius 1 is 1.62 bits per heavy atom. The van der Waals surface area contributed by atoms with Crippen LogP contribution in [0.25, 0.3) is 0 Å². The van der Waals surface area contributed by atoms with Crippen molar-refractivity contribution in [2.24, 2.45) is 5.92 Å². The number of aromatic nitrogens is 1. The van der Waals surface area contributed by atoms with Crippen LogP contribution in [0.3, 0.4) is 0 Å². The molecule has 0 radical (unpaired) electrons. The zero-order valence-electron chi connectivity index (χ0n) is 10.1. The highest BCUT2D eigenvalue weighted by Gasteiger charge is 2.21. The number of likely N-dealkylation sites (tertiary alicyclic amines) is 1. The third-order valence-electron chi connectivity index (χ3n) is 3.26. The van der Waals surface area contributed by atoms with Gasteiger partial charge in [-0.15, -0.1) is 0 Å². The molecule has 0 aromatic carbocycles. The number of hydrogen-bond donors (Lipinski definition) is 1. The zero-order chi connectivity index (χ0) is 11.5. The van der Waals surface area contributed by atoms with E-state index in [0.29, 0.717) is 0 Å². The van der Waals surface area contributed by atoms with E-state index in [2.05, 4.69) is 28.9 Å². The highest BCUT2D eigenvalue weighted by Crippen LogP contribution is 2.23. The van der Waals surface area contributed by atoms with Gasteiger partial charge in [0, 0.05) is 26.3 Å². The summed E-state index contributed by atoms with van der Waals surface area (Å²) in [5.41, 5.74) is 7.76. The molecule has 0 aliphatic carbocycles. The van der Waals surface area contributed by atoms with Crippen molar-refractivity contribution in [2.75, 3.05) is 44.4 Å². The molecule has 1 aliphatic heterocycles. The summed E-state index contributed by atoms with van der Waals surface area (Å²) >= 11 is 0. The Morgan fingerprint density at radius 3 is 3.06 bits per heavy atom. The smallest absolute Gasteiger partial charge is 0.0738 e. The van der Waals surface area contributed by atoms with E-state index < -0.39 is 0 Å². The van der Waals surface area contributed by atoms with E-state index in [1.54, 1.807) is 12.4 Å². The van der Waals surface area contributed by atoms with Crippen molar-refractivity contribution in [3.8, 4) is 0 Å². The maximum atomic E-state index is 5.91. The monoisotopic (exact) mass is 220 g/mol. The molecular weight excluding hydrogens is 200 g/mol. The van der Waals surface area contributed by atoms with Gasteiger partial charge in [-0.3, -0.25) is 4.98 Å². The summed E-state index contributed by atoms with van der Waals surface area (Å²) in [4.78, 5) is 8.63. The van der Waals surface area contributed by atoms with E-state index in [9.17, 15) is 0 Å². The molecule has 1 aliphatic rings. The van der Waals surface area contributed by atoms with Crippen LogP contribution in [0, 0.1) is 5.92 Å². The molecule has 2 N–H and O–H groups in total. The van der Waals surface area contributed by atoms with Gasteiger partial charge in [-0.05, 0) is 32.0 Å². The van der Waals surface area contributed by atoms with E-state index in [1.165, 1.54) is 19.5 Å². The van der Waals surface area contributed by atoms with Gasteiger partial charge in [0.1, 0.15) is 0 Å². The standard InChI is InChI=1S/C12H20N4/c1-15-6-4-10(8-15)9-16(2)12-3-5-14-7-11(12)13/h3,5,7,10H,4,6,8-9,13H2,1-2H3. The molecule has 0 spiro atoms. The Labute approximate surface area is 97.1 Å². The number of nitrogens with two attached hydrogens (primary N) is 1. The first-order valence-corrected chi connectivity index (χ1v) is 5.76. The minimum atomic E-state index is 0.752. The average Bonchev–Trinajstić information content (AvgIpc) is 2.64. The summed E-state index contributed by atoms with van der Waals surface area (Å²) in [5.74, 6) is 0.752. The molecule has 4 nitrogen and oxygen atoms in total. The lowest BCUT2D eigenvalue weighted by atomic mass is 10.1. The predicted octanol–water partition coefficient (Wildman–Crippen LogP) is 1.05. The highest BCUT2D eigenvalue weighted by molar-refractivity contribution is 5.65. The Balaban J connectivity index is 1.98. The van der Waals surface area contributed by atoms with Crippen molar-refractivity contribution in [1.82, 2.24) is 9.88 Å². The number of anilines is 2. The first-order chi connectivity index (χ1) is 7.66. The number of rotatable bonds is 3. The topological polar surface area (TPSA) is 45.4 Å². The fraction of sp³-hybridized carbons (Fsp3) is 0.583. The number of nitrogens with zero attached hydrogens (tertiary/aromatic N) is 3. The van der Waals surface area contributed by atoms with Crippen molar-refractivity contribution < 1.29 is 0 Å². The van der Waals surface area contributed by atoms with Crippen LogP contribution in [0.2, 0.25) is 0 Å². The lowest BCUT2D eigenvalue weighted by Crippen LogP contribution is -2.27. The van der Waals surface area contributed by atoms with Crippen molar-refractivity contribution in [3.63, 3.8) is 0 Å². The van der Waals surface area contributed by atoms with Gasteiger partial charge >= 0.3 is 0 Å². The predicted molar refractivity (Wildman–Crippen MR) is 67.5 cm³/mol. The summed E-state index contributed by atoms with van der Waals surface area (Å²) < 4.78 is 0. The van der Waals surface area contributed by atoms with Gasteiger partial charge in [-0.2, -0.15) is 0 Å². The lowest BCUT2D eigenvalue weighted by Gasteiger charge is -2.24. The second-order valence-corrected chi connectivity index (χ2v) is 4.73. The molecule has 16 heavy (non-hydrogen) atoms. The minimum absolute atomic E-state index is 0.752. The van der Waals surface area contributed by atoms with Gasteiger partial charge in [0.25, 0.3) is 0 Å². The number of hydrogen-bond acceptors (Lipinski definition) is 4. The molecular formula is C12H20N4. The van der Waals surface area contributed by atoms with E-state index in [1.807, 2.05) is 6.07 Å². The molecule has 2 rings (SSSR count). The van der Waals surface area contributed by atoms with Crippen molar-refractivity contribution in [1.29, 1.82) is 0 Å². The van der Waals surface area contributed by atoms with Crippen molar-refractivity contribution in [3.05, 3.63) is 18.5 Å². The van der Waals surface area contributed by atoms with Crippen LogP contribution in [0.5, 0.6) is 0 Å². The number of nitrogen functional groups attached to an aromatic ring is 1. The van der Waals surface area contributed by atoms with E-state index in [0.717, 1.165) is 23.8 Å². The quantitative estimate of drug-likeness (QED) is 0.827. The molecule has 4 heteroatoms. The maximum absolute atomic E-state index is 5.91. The van der Waals surface area contributed by atoms with Crippen LogP contribution in [0.1, 0.15) is 6.42 Å². The summed E-state index contributed by atoms with van der Waals surface area (Å²) in [6.45, 7) is 3.47. The Morgan fingerprint density at radius 2 is 2.44 bits per heavy atom. The van der Waals surface area contributed by atoms with Crippen LogP contribution in [0.4, 0.5) is 11.4 Å². The summed E-state index contributed by atoms with van der Waals surface area (Å²) in [6, 6.07) is 1.98. The normalized spacial score (nSPS) is 21.2. The largest absolute Gasteiger partial charge is 0.396 e. The highest BCUT2D eigenvalue weighted by atomic mass is 15.2. The summed E-state index contributed by atoms with van der Waals surface area (Å²) in [6.07, 6.45) is 4.79. The third-order valence-corrected chi connectivity index (χ3v) is 3.26. The Bertz CT molecular complexity index is 353. The first-order valence-electron chi connectivity index (χ1n) is 5.76. The molecule has 0 amide bonds. The van der Waals surface area contributed by atoms with Crippen LogP contribution < -0.4 is 10.6 Å². The molecule has 0 bridgehead atoms. The minimum Gasteiger partial charge on any atom is -0.396 e. The van der Waals surface area contributed by atoms with E-state index >= 15 is 0 Å². The zero-order valence-corrected chi connectivity index (χ0v) is 10.1. The molecule has 1 saturated heterocycles. The van der Waals surface area contributed by atoms with E-state index in [-0.39, 0.29) is 0 Å². The van der Waals surface area contributed by atoms with Gasteiger partial charge < -0.3 is 15.5 Å². The fourth-order valence-corrected chi connectivity index (χ4v) is 2.41. The molecule has 1 unspecified atom stereocenters. The van der Waals surface area contributed by atoms with Crippen LogP contribution in [-0.2, 0) is 0 Å². The third kappa shape index (κ3) is 2.44. The van der Waals surface area contributed by atoms with Gasteiger partial charge in [0.05, 0.1) is 17.6 Å². The molecule has 1 fully saturated rings. The van der Waals surface area contributed by atoms with Crippen LogP contribution in [-0.4, -0.2) is 43.6 Å². The van der Waals surface area contributed by atoms with Gasteiger partial charge in [0.15, 0.2) is 0 Å². The van der Waals surface area contributed by atoms with Crippen molar-refractivity contribution >= 4 is 11.4 Å². The summed E-state index contributed by atoms with van der Waals surface area (Å²) in [7, 11) is 4.28. The van der Waals surface area contributed by atoms with Crippen LogP contribution >= 0.6 is 0 Å². The van der Waals surface area contributed by atoms with Gasteiger partial charge in [-0.25, -0.2) is 0 Å². The first kappa shape index (κ1) is 11.2. The Hall–Kier alpha value is -1.29. The van der Waals surface area contributed by atoms with Gasteiger partial charge in [-0.1, -0.05) is 0 Å². The number of pyridine rings is 1. The second-order valence-electron chi connectivity index (χ2n) is 4.73. The van der Waals surface area contributed by atoms with E-state index in [4.69, 9.17) is 5.73 Å². The summed E-state index contributed by atoms with van der Waals surface area (Å²) in [5, 5.41) is 0. The van der Waals surface area contributed by atoms with Gasteiger partial charge in [0.2, 0.25) is 0 Å². The second kappa shape index (κ2) is 4.70. The molecule has 1 aromatic heterocycles. The molecule has 0 saturated carbocycles. The van der Waals surface area contributed by atoms with Crippen LogP contribution in [0.15, 0.2) is 18.5 Å². The average molecular weight is 220 g/mol. The molecule has 1 atom stereocenters. The Kier molecular flexibility index (Phi) is 3.29. The molecule has 2 heterocycles.